The Morgan fingerprint density at radius 2 is 2.00 bits per heavy atom. The predicted octanol–water partition coefficient (Wildman–Crippen LogP) is 3.15. The van der Waals surface area contributed by atoms with Gasteiger partial charge < -0.3 is 5.73 Å². The number of nitrogens with two attached hydrogens (primary N) is 1. The van der Waals surface area contributed by atoms with Crippen molar-refractivity contribution in [2.75, 3.05) is 6.54 Å². The normalized spacial score (nSPS) is 12.6. The van der Waals surface area contributed by atoms with Gasteiger partial charge in [-0.25, -0.2) is 4.98 Å². The number of hydrogen-bond donors (Lipinski definition) is 1. The van der Waals surface area contributed by atoms with Gasteiger partial charge >= 0.3 is 0 Å². The first-order valence-electron chi connectivity index (χ1n) is 6.84. The van der Waals surface area contributed by atoms with E-state index < -0.39 is 0 Å². The lowest BCUT2D eigenvalue weighted by Gasteiger charge is -2.16. The summed E-state index contributed by atoms with van der Waals surface area (Å²) >= 11 is 1.54. The van der Waals surface area contributed by atoms with Crippen LogP contribution in [0.5, 0.6) is 0 Å². The molecule has 3 nitrogen and oxygen atoms in total. The highest BCUT2D eigenvalue weighted by Gasteiger charge is 2.21. The summed E-state index contributed by atoms with van der Waals surface area (Å²) in [6, 6.07) is 10.0. The molecule has 0 aliphatic heterocycles. The third-order valence-electron chi connectivity index (χ3n) is 3.42. The third-order valence-corrected chi connectivity index (χ3v) is 4.27. The van der Waals surface area contributed by atoms with E-state index in [2.05, 4.69) is 4.98 Å². The number of hydrogen-bond acceptors (Lipinski definition) is 4. The SMILES string of the molecule is CC(C)C(CN)C(=O)Cc1nc(-c2ccccc2)cs1. The Hall–Kier alpha value is -1.52. The molecule has 0 aliphatic carbocycles. The molecule has 2 rings (SSSR count). The fraction of sp³-hybridized carbons (Fsp3) is 0.375. The average Bonchev–Trinajstić information content (AvgIpc) is 2.88. The number of carbonyl (C=O) groups is 1. The van der Waals surface area contributed by atoms with E-state index in [0.717, 1.165) is 16.3 Å². The average molecular weight is 288 g/mol. The summed E-state index contributed by atoms with van der Waals surface area (Å²) < 4.78 is 0. The fourth-order valence-electron chi connectivity index (χ4n) is 2.19. The summed E-state index contributed by atoms with van der Waals surface area (Å²) in [5.41, 5.74) is 7.71. The molecule has 2 aromatic rings. The Morgan fingerprint density at radius 1 is 1.30 bits per heavy atom. The smallest absolute Gasteiger partial charge is 0.144 e. The minimum absolute atomic E-state index is 0.0703. The number of ketones is 1. The van der Waals surface area contributed by atoms with Crippen LogP contribution < -0.4 is 5.73 Å². The zero-order chi connectivity index (χ0) is 14.5. The molecule has 0 saturated heterocycles. The van der Waals surface area contributed by atoms with E-state index in [0.29, 0.717) is 13.0 Å². The van der Waals surface area contributed by atoms with Crippen LogP contribution in [0.4, 0.5) is 0 Å². The maximum Gasteiger partial charge on any atom is 0.144 e. The van der Waals surface area contributed by atoms with Crippen molar-refractivity contribution >= 4 is 17.1 Å². The second kappa shape index (κ2) is 6.77. The summed E-state index contributed by atoms with van der Waals surface area (Å²) in [4.78, 5) is 16.8. The Labute approximate surface area is 123 Å². The minimum Gasteiger partial charge on any atom is -0.330 e. The lowest BCUT2D eigenvalue weighted by atomic mass is 9.90. The van der Waals surface area contributed by atoms with E-state index in [4.69, 9.17) is 5.73 Å². The summed E-state index contributed by atoms with van der Waals surface area (Å²) in [5.74, 6) is 0.400. The Morgan fingerprint density at radius 3 is 2.60 bits per heavy atom. The van der Waals surface area contributed by atoms with E-state index in [-0.39, 0.29) is 17.6 Å². The quantitative estimate of drug-likeness (QED) is 0.888. The highest BCUT2D eigenvalue weighted by atomic mass is 32.1. The number of carbonyl (C=O) groups excluding carboxylic acids is 1. The monoisotopic (exact) mass is 288 g/mol. The number of thiazole rings is 1. The Kier molecular flexibility index (Phi) is 5.04. The van der Waals surface area contributed by atoms with Crippen LogP contribution in [-0.4, -0.2) is 17.3 Å². The summed E-state index contributed by atoms with van der Waals surface area (Å²) in [6.07, 6.45) is 0.386. The van der Waals surface area contributed by atoms with Gasteiger partial charge in [-0.1, -0.05) is 44.2 Å². The van der Waals surface area contributed by atoms with Crippen LogP contribution in [0.15, 0.2) is 35.7 Å². The molecule has 1 atom stereocenters. The molecule has 0 bridgehead atoms. The molecule has 1 aromatic heterocycles. The van der Waals surface area contributed by atoms with Crippen LogP contribution in [-0.2, 0) is 11.2 Å². The molecule has 2 N–H and O–H groups in total. The van der Waals surface area contributed by atoms with Gasteiger partial charge in [0.25, 0.3) is 0 Å². The van der Waals surface area contributed by atoms with Gasteiger partial charge in [-0.05, 0) is 5.92 Å². The topological polar surface area (TPSA) is 56.0 Å². The van der Waals surface area contributed by atoms with E-state index in [1.54, 1.807) is 0 Å². The number of benzene rings is 1. The van der Waals surface area contributed by atoms with Crippen molar-refractivity contribution in [3.05, 3.63) is 40.7 Å². The van der Waals surface area contributed by atoms with E-state index >= 15 is 0 Å². The second-order valence-electron chi connectivity index (χ2n) is 5.22. The van der Waals surface area contributed by atoms with E-state index in [9.17, 15) is 4.79 Å². The molecular formula is C16H20N2OS. The number of rotatable bonds is 6. The van der Waals surface area contributed by atoms with Gasteiger partial charge in [0.15, 0.2) is 0 Å². The lowest BCUT2D eigenvalue weighted by molar-refractivity contribution is -0.123. The zero-order valence-corrected chi connectivity index (χ0v) is 12.7. The summed E-state index contributed by atoms with van der Waals surface area (Å²) in [6.45, 7) is 4.48. The Bertz CT molecular complexity index is 563. The molecular weight excluding hydrogens is 268 g/mol. The first-order chi connectivity index (χ1) is 9.61. The predicted molar refractivity (Wildman–Crippen MR) is 83.6 cm³/mol. The van der Waals surface area contributed by atoms with E-state index in [1.165, 1.54) is 11.3 Å². The molecule has 0 amide bonds. The van der Waals surface area contributed by atoms with Gasteiger partial charge in [-0.15, -0.1) is 11.3 Å². The van der Waals surface area contributed by atoms with Gasteiger partial charge in [-0.3, -0.25) is 4.79 Å². The number of nitrogens with zero attached hydrogens (tertiary/aromatic N) is 1. The molecule has 106 valence electrons. The minimum atomic E-state index is -0.0703. The molecule has 0 fully saturated rings. The van der Waals surface area contributed by atoms with Crippen LogP contribution in [0, 0.1) is 11.8 Å². The maximum atomic E-state index is 12.2. The van der Waals surface area contributed by atoms with Gasteiger partial charge in [-0.2, -0.15) is 0 Å². The first kappa shape index (κ1) is 14.9. The van der Waals surface area contributed by atoms with Crippen molar-refractivity contribution in [3.63, 3.8) is 0 Å². The van der Waals surface area contributed by atoms with Gasteiger partial charge in [0.2, 0.25) is 0 Å². The molecule has 4 heteroatoms. The van der Waals surface area contributed by atoms with Crippen LogP contribution in [0.25, 0.3) is 11.3 Å². The van der Waals surface area contributed by atoms with Gasteiger partial charge in [0.05, 0.1) is 12.1 Å². The molecule has 0 aliphatic rings. The number of aromatic nitrogens is 1. The van der Waals surface area contributed by atoms with Crippen LogP contribution >= 0.6 is 11.3 Å². The van der Waals surface area contributed by atoms with Crippen LogP contribution in [0.3, 0.4) is 0 Å². The molecule has 1 unspecified atom stereocenters. The molecule has 20 heavy (non-hydrogen) atoms. The van der Waals surface area contributed by atoms with Crippen molar-refractivity contribution < 1.29 is 4.79 Å². The van der Waals surface area contributed by atoms with Gasteiger partial charge in [0.1, 0.15) is 10.8 Å². The highest BCUT2D eigenvalue weighted by Crippen LogP contribution is 2.23. The number of Topliss-reactive ketones (excluding diaryl/α,β-unsaturated/α-hetero) is 1. The molecule has 1 aromatic carbocycles. The standard InChI is InChI=1S/C16H20N2OS/c1-11(2)13(9-17)15(19)8-16-18-14(10-20-16)12-6-4-3-5-7-12/h3-7,10-11,13H,8-9,17H2,1-2H3. The molecule has 0 saturated carbocycles. The Balaban J connectivity index is 2.08. The van der Waals surface area contributed by atoms with Crippen molar-refractivity contribution in [2.24, 2.45) is 17.6 Å². The zero-order valence-electron chi connectivity index (χ0n) is 11.9. The second-order valence-corrected chi connectivity index (χ2v) is 6.16. The van der Waals surface area contributed by atoms with Crippen molar-refractivity contribution in [1.82, 2.24) is 4.98 Å². The molecule has 1 heterocycles. The molecule has 0 radical (unpaired) electrons. The fourth-order valence-corrected chi connectivity index (χ4v) is 3.00. The first-order valence-corrected chi connectivity index (χ1v) is 7.72. The summed E-state index contributed by atoms with van der Waals surface area (Å²) in [5, 5.41) is 2.87. The highest BCUT2D eigenvalue weighted by molar-refractivity contribution is 7.10. The van der Waals surface area contributed by atoms with Crippen molar-refractivity contribution in [3.8, 4) is 11.3 Å². The van der Waals surface area contributed by atoms with Crippen molar-refractivity contribution in [1.29, 1.82) is 0 Å². The van der Waals surface area contributed by atoms with Crippen molar-refractivity contribution in [2.45, 2.75) is 20.3 Å². The van der Waals surface area contributed by atoms with Gasteiger partial charge in [0, 0.05) is 23.4 Å². The summed E-state index contributed by atoms with van der Waals surface area (Å²) in [7, 11) is 0. The maximum absolute atomic E-state index is 12.2. The largest absolute Gasteiger partial charge is 0.330 e. The van der Waals surface area contributed by atoms with E-state index in [1.807, 2.05) is 49.6 Å². The third kappa shape index (κ3) is 3.52. The molecule has 0 spiro atoms. The lowest BCUT2D eigenvalue weighted by Crippen LogP contribution is -2.29. The van der Waals surface area contributed by atoms with Crippen LogP contribution in [0.2, 0.25) is 0 Å². The van der Waals surface area contributed by atoms with Crippen LogP contribution in [0.1, 0.15) is 18.9 Å².